The maximum Gasteiger partial charge on any atom is 0.0282 e. The second-order valence-electron chi connectivity index (χ2n) is 5.45. The molecule has 0 amide bonds. The second-order valence-corrected chi connectivity index (χ2v) is 5.45. The summed E-state index contributed by atoms with van der Waals surface area (Å²) in [5.41, 5.74) is 0.700. The lowest BCUT2D eigenvalue weighted by Crippen LogP contribution is -2.40. The van der Waals surface area contributed by atoms with E-state index in [0.29, 0.717) is 5.41 Å². The fourth-order valence-corrected chi connectivity index (χ4v) is 2.88. The first kappa shape index (κ1) is 8.05. The highest BCUT2D eigenvalue weighted by atomic mass is 15.2. The van der Waals surface area contributed by atoms with Crippen LogP contribution in [0.5, 0.6) is 0 Å². The summed E-state index contributed by atoms with van der Waals surface area (Å²) in [6.07, 6.45) is 11.9. The minimum Gasteiger partial charge on any atom is -0.293 e. The molecule has 2 heterocycles. The standard InChI is InChI=1S/C12H19N/c1-12(7-8-12)9-13-10-3-2-4-11(13)6-5-10/h2-3,10-11H,4-9H2,1H3. The highest BCUT2D eigenvalue weighted by Crippen LogP contribution is 2.48. The summed E-state index contributed by atoms with van der Waals surface area (Å²) in [5, 5.41) is 0. The van der Waals surface area contributed by atoms with Crippen LogP contribution in [0.2, 0.25) is 0 Å². The molecule has 3 rings (SSSR count). The van der Waals surface area contributed by atoms with E-state index in [0.717, 1.165) is 12.1 Å². The lowest BCUT2D eigenvalue weighted by molar-refractivity contribution is 0.173. The Morgan fingerprint density at radius 1 is 1.38 bits per heavy atom. The maximum atomic E-state index is 2.77. The van der Waals surface area contributed by atoms with Gasteiger partial charge in [0.15, 0.2) is 0 Å². The van der Waals surface area contributed by atoms with E-state index in [1.807, 2.05) is 0 Å². The maximum absolute atomic E-state index is 2.77. The van der Waals surface area contributed by atoms with Crippen LogP contribution in [0, 0.1) is 5.41 Å². The van der Waals surface area contributed by atoms with Gasteiger partial charge in [0.2, 0.25) is 0 Å². The van der Waals surface area contributed by atoms with Crippen LogP contribution in [0.15, 0.2) is 12.2 Å². The fraction of sp³-hybridized carbons (Fsp3) is 0.833. The van der Waals surface area contributed by atoms with Gasteiger partial charge in [-0.15, -0.1) is 0 Å². The van der Waals surface area contributed by atoms with Crippen LogP contribution in [0.4, 0.5) is 0 Å². The average Bonchev–Trinajstić information content (AvgIpc) is 2.79. The van der Waals surface area contributed by atoms with Gasteiger partial charge in [0.1, 0.15) is 0 Å². The molecule has 1 heteroatoms. The molecule has 2 fully saturated rings. The number of fused-ring (bicyclic) bond motifs is 2. The first-order valence-corrected chi connectivity index (χ1v) is 5.69. The van der Waals surface area contributed by atoms with Crippen LogP contribution < -0.4 is 0 Å². The van der Waals surface area contributed by atoms with Crippen molar-refractivity contribution in [3.05, 3.63) is 12.2 Å². The molecule has 2 atom stereocenters. The van der Waals surface area contributed by atoms with Crippen molar-refractivity contribution in [3.8, 4) is 0 Å². The van der Waals surface area contributed by atoms with E-state index in [1.165, 1.54) is 38.6 Å². The Balaban J connectivity index is 1.73. The minimum atomic E-state index is 0.700. The summed E-state index contributed by atoms with van der Waals surface area (Å²) in [5.74, 6) is 0. The number of rotatable bonds is 2. The zero-order chi connectivity index (χ0) is 8.89. The SMILES string of the molecule is CC1(CN2C3C=CCC2CC3)CC1. The fourth-order valence-electron chi connectivity index (χ4n) is 2.88. The third-order valence-corrected chi connectivity index (χ3v) is 4.12. The van der Waals surface area contributed by atoms with E-state index >= 15 is 0 Å². The molecule has 0 aromatic rings. The van der Waals surface area contributed by atoms with Gasteiger partial charge in [0.25, 0.3) is 0 Å². The number of nitrogens with zero attached hydrogens (tertiary/aromatic N) is 1. The molecule has 1 saturated heterocycles. The first-order chi connectivity index (χ1) is 6.27. The number of hydrogen-bond donors (Lipinski definition) is 0. The van der Waals surface area contributed by atoms with Gasteiger partial charge in [-0.25, -0.2) is 0 Å². The predicted octanol–water partition coefficient (Wildman–Crippen LogP) is 2.58. The van der Waals surface area contributed by atoms with Crippen molar-refractivity contribution in [2.75, 3.05) is 6.54 Å². The molecule has 72 valence electrons. The largest absolute Gasteiger partial charge is 0.293 e. The van der Waals surface area contributed by atoms with Crippen molar-refractivity contribution in [1.29, 1.82) is 0 Å². The predicted molar refractivity (Wildman–Crippen MR) is 54.6 cm³/mol. The van der Waals surface area contributed by atoms with Crippen LogP contribution in [-0.2, 0) is 0 Å². The van der Waals surface area contributed by atoms with E-state index in [1.54, 1.807) is 0 Å². The normalized spacial score (nSPS) is 41.0. The van der Waals surface area contributed by atoms with Crippen molar-refractivity contribution in [3.63, 3.8) is 0 Å². The van der Waals surface area contributed by atoms with Crippen molar-refractivity contribution < 1.29 is 0 Å². The summed E-state index contributed by atoms with van der Waals surface area (Å²) in [4.78, 5) is 2.77. The molecule has 0 aromatic carbocycles. The summed E-state index contributed by atoms with van der Waals surface area (Å²) in [6, 6.07) is 1.70. The Morgan fingerprint density at radius 2 is 2.23 bits per heavy atom. The highest BCUT2D eigenvalue weighted by Gasteiger charge is 2.43. The van der Waals surface area contributed by atoms with E-state index in [2.05, 4.69) is 24.0 Å². The van der Waals surface area contributed by atoms with Crippen molar-refractivity contribution >= 4 is 0 Å². The zero-order valence-corrected chi connectivity index (χ0v) is 8.50. The molecular weight excluding hydrogens is 158 g/mol. The lowest BCUT2D eigenvalue weighted by Gasteiger charge is -2.33. The molecular formula is C12H19N. The van der Waals surface area contributed by atoms with Crippen LogP contribution in [-0.4, -0.2) is 23.5 Å². The Hall–Kier alpha value is -0.300. The minimum absolute atomic E-state index is 0.700. The van der Waals surface area contributed by atoms with Gasteiger partial charge in [0.05, 0.1) is 0 Å². The van der Waals surface area contributed by atoms with Gasteiger partial charge >= 0.3 is 0 Å². The Labute approximate surface area is 80.8 Å². The molecule has 1 aliphatic carbocycles. The summed E-state index contributed by atoms with van der Waals surface area (Å²) < 4.78 is 0. The van der Waals surface area contributed by atoms with Gasteiger partial charge in [-0.05, 0) is 37.5 Å². The van der Waals surface area contributed by atoms with Gasteiger partial charge in [-0.1, -0.05) is 19.1 Å². The molecule has 0 spiro atoms. The quantitative estimate of drug-likeness (QED) is 0.586. The third kappa shape index (κ3) is 1.34. The Bertz CT molecular complexity index is 240. The first-order valence-electron chi connectivity index (χ1n) is 5.69. The van der Waals surface area contributed by atoms with Crippen molar-refractivity contribution in [2.45, 2.75) is 51.1 Å². The second kappa shape index (κ2) is 2.60. The van der Waals surface area contributed by atoms with Gasteiger partial charge < -0.3 is 0 Å². The molecule has 0 aromatic heterocycles. The summed E-state index contributed by atoms with van der Waals surface area (Å²) in [6.45, 7) is 3.82. The number of hydrogen-bond acceptors (Lipinski definition) is 1. The Kier molecular flexibility index (Phi) is 1.61. The lowest BCUT2D eigenvalue weighted by atomic mass is 10.0. The van der Waals surface area contributed by atoms with Crippen LogP contribution in [0.3, 0.4) is 0 Å². The van der Waals surface area contributed by atoms with Crippen molar-refractivity contribution in [2.24, 2.45) is 5.41 Å². The third-order valence-electron chi connectivity index (χ3n) is 4.12. The highest BCUT2D eigenvalue weighted by molar-refractivity contribution is 5.10. The smallest absolute Gasteiger partial charge is 0.0282 e. The van der Waals surface area contributed by atoms with E-state index in [9.17, 15) is 0 Å². The van der Waals surface area contributed by atoms with Crippen LogP contribution in [0.25, 0.3) is 0 Å². The van der Waals surface area contributed by atoms with E-state index in [4.69, 9.17) is 0 Å². The van der Waals surface area contributed by atoms with E-state index in [-0.39, 0.29) is 0 Å². The molecule has 1 saturated carbocycles. The van der Waals surface area contributed by atoms with Crippen molar-refractivity contribution in [1.82, 2.24) is 4.90 Å². The average molecular weight is 177 g/mol. The zero-order valence-electron chi connectivity index (χ0n) is 8.50. The molecule has 2 unspecified atom stereocenters. The molecule has 13 heavy (non-hydrogen) atoms. The van der Waals surface area contributed by atoms with Crippen LogP contribution >= 0.6 is 0 Å². The van der Waals surface area contributed by atoms with E-state index < -0.39 is 0 Å². The topological polar surface area (TPSA) is 3.24 Å². The molecule has 2 aliphatic heterocycles. The monoisotopic (exact) mass is 177 g/mol. The summed E-state index contributed by atoms with van der Waals surface area (Å²) >= 11 is 0. The van der Waals surface area contributed by atoms with Crippen LogP contribution in [0.1, 0.15) is 39.0 Å². The Morgan fingerprint density at radius 3 is 2.92 bits per heavy atom. The molecule has 2 bridgehead atoms. The molecule has 0 N–H and O–H groups in total. The van der Waals surface area contributed by atoms with Gasteiger partial charge in [0, 0.05) is 18.6 Å². The molecule has 3 aliphatic rings. The van der Waals surface area contributed by atoms with Gasteiger partial charge in [-0.3, -0.25) is 4.90 Å². The molecule has 0 radical (unpaired) electrons. The van der Waals surface area contributed by atoms with Gasteiger partial charge in [-0.2, -0.15) is 0 Å². The molecule has 1 nitrogen and oxygen atoms in total. The summed E-state index contributed by atoms with van der Waals surface area (Å²) in [7, 11) is 0.